The topological polar surface area (TPSA) is 54.2 Å². The third kappa shape index (κ3) is 1.25. The van der Waals surface area contributed by atoms with Gasteiger partial charge >= 0.3 is 5.69 Å². The molecule has 0 amide bonds. The highest BCUT2D eigenvalue weighted by Crippen LogP contribution is 2.21. The van der Waals surface area contributed by atoms with Gasteiger partial charge in [0.25, 0.3) is 0 Å². The monoisotopic (exact) mass is 159 g/mol. The molecule has 0 N–H and O–H groups in total. The first-order chi connectivity index (χ1) is 4.25. The molecule has 0 saturated heterocycles. The molecule has 5 heteroatoms. The first kappa shape index (κ1) is 8.92. The smallest absolute Gasteiger partial charge is 0.449 e. The van der Waals surface area contributed by atoms with Gasteiger partial charge in [-0.15, -0.1) is 0 Å². The van der Waals surface area contributed by atoms with E-state index in [0.717, 1.165) is 0 Å². The number of aromatic nitrogens is 1. The lowest BCUT2D eigenvalue weighted by molar-refractivity contribution is -0.00000272. The van der Waals surface area contributed by atoms with E-state index in [1.54, 1.807) is 13.8 Å². The van der Waals surface area contributed by atoms with E-state index in [2.05, 4.69) is 14.7 Å². The first-order valence-electron chi connectivity index (χ1n) is 2.53. The minimum atomic E-state index is 0. The number of halogens is 1. The van der Waals surface area contributed by atoms with Crippen LogP contribution in [0, 0.1) is 19.2 Å². The lowest BCUT2D eigenvalue weighted by Gasteiger charge is -1.63. The summed E-state index contributed by atoms with van der Waals surface area (Å²) in [5.41, 5.74) is 1.03. The summed E-state index contributed by atoms with van der Waals surface area (Å²) in [7, 11) is 0. The maximum absolute atomic E-state index is 8.31. The largest absolute Gasteiger partial charge is 1.00 e. The van der Waals surface area contributed by atoms with E-state index in [0.29, 0.717) is 17.1 Å². The maximum Gasteiger partial charge on any atom is 0.449 e. The van der Waals surface area contributed by atoms with Crippen LogP contribution >= 0.6 is 0 Å². The molecule has 1 heterocycles. The van der Waals surface area contributed by atoms with E-state index in [9.17, 15) is 0 Å². The number of nitrogens with zero attached hydrogens (tertiary/aromatic N) is 3. The summed E-state index contributed by atoms with van der Waals surface area (Å²) in [6.45, 7) is 3.40. The molecule has 0 aromatic carbocycles. The summed E-state index contributed by atoms with van der Waals surface area (Å²) < 4.78 is 4.68. The molecule has 54 valence electrons. The number of hydrogen-bond donors (Lipinski definition) is 0. The number of hydrogen-bond acceptors (Lipinski definition) is 3. The average molecular weight is 160 g/mol. The van der Waals surface area contributed by atoms with Crippen molar-refractivity contribution in [1.82, 2.24) is 5.16 Å². The molecule has 0 aliphatic rings. The zero-order valence-corrected chi connectivity index (χ0v) is 6.38. The quantitative estimate of drug-likeness (QED) is 0.446. The Hall–Kier alpha value is -1.08. The normalized spacial score (nSPS) is 8.10. The van der Waals surface area contributed by atoms with Crippen molar-refractivity contribution in [2.24, 2.45) is 0 Å². The molecule has 0 atom stereocenters. The van der Waals surface area contributed by atoms with Gasteiger partial charge in [-0.05, 0) is 6.92 Å². The van der Waals surface area contributed by atoms with Crippen molar-refractivity contribution in [2.45, 2.75) is 13.8 Å². The van der Waals surface area contributed by atoms with Crippen molar-refractivity contribution in [2.75, 3.05) is 0 Å². The van der Waals surface area contributed by atoms with E-state index < -0.39 is 0 Å². The third-order valence-corrected chi connectivity index (χ3v) is 1.10. The first-order valence-corrected chi connectivity index (χ1v) is 2.53. The van der Waals surface area contributed by atoms with E-state index >= 15 is 0 Å². The highest BCUT2D eigenvalue weighted by Gasteiger charge is 2.19. The van der Waals surface area contributed by atoms with Crippen molar-refractivity contribution < 1.29 is 16.9 Å². The molecule has 0 radical (unpaired) electrons. The van der Waals surface area contributed by atoms with Crippen LogP contribution in [0.1, 0.15) is 11.5 Å². The van der Waals surface area contributed by atoms with Crippen molar-refractivity contribution in [3.63, 3.8) is 0 Å². The summed E-state index contributed by atoms with van der Waals surface area (Å²) >= 11 is 0. The Balaban J connectivity index is 0.000000810. The minimum Gasteiger partial charge on any atom is -1.00 e. The Morgan fingerprint density at radius 3 is 2.30 bits per heavy atom. The highest BCUT2D eigenvalue weighted by atomic mass is 35.5. The van der Waals surface area contributed by atoms with E-state index in [1.807, 2.05) is 0 Å². The number of diazo groups is 1. The van der Waals surface area contributed by atoms with Gasteiger partial charge in [0.05, 0.1) is 0 Å². The van der Waals surface area contributed by atoms with Crippen LogP contribution in [0.4, 0.5) is 5.69 Å². The molecule has 0 unspecified atom stereocenters. The van der Waals surface area contributed by atoms with Crippen LogP contribution in [0.15, 0.2) is 4.52 Å². The minimum absolute atomic E-state index is 0. The zero-order valence-electron chi connectivity index (χ0n) is 5.63. The average Bonchev–Trinajstić information content (AvgIpc) is 2.12. The fraction of sp³-hybridized carbons (Fsp3) is 0.400. The van der Waals surface area contributed by atoms with E-state index in [4.69, 9.17) is 5.39 Å². The fourth-order valence-electron chi connectivity index (χ4n) is 0.621. The number of aryl methyl sites for hydroxylation is 2. The molecule has 0 aliphatic heterocycles. The van der Waals surface area contributed by atoms with Crippen molar-refractivity contribution in [3.8, 4) is 0 Å². The lowest BCUT2D eigenvalue weighted by atomic mass is 10.3. The van der Waals surface area contributed by atoms with Gasteiger partial charge in [-0.2, -0.15) is 0 Å². The molecular weight excluding hydrogens is 154 g/mol. The van der Waals surface area contributed by atoms with Crippen LogP contribution in [0.5, 0.6) is 0 Å². The lowest BCUT2D eigenvalue weighted by Crippen LogP contribution is -3.00. The van der Waals surface area contributed by atoms with Crippen molar-refractivity contribution in [1.29, 1.82) is 5.39 Å². The van der Waals surface area contributed by atoms with Gasteiger partial charge < -0.3 is 16.9 Å². The second kappa shape index (κ2) is 3.18. The van der Waals surface area contributed by atoms with Crippen LogP contribution in [0.25, 0.3) is 4.98 Å². The van der Waals surface area contributed by atoms with Crippen LogP contribution in [-0.2, 0) is 0 Å². The van der Waals surface area contributed by atoms with Gasteiger partial charge in [0, 0.05) is 6.92 Å². The Morgan fingerprint density at radius 1 is 1.50 bits per heavy atom. The molecule has 0 fully saturated rings. The standard InChI is InChI=1S/C5H6N3O.ClH/c1-3-5(7-6)4(2)9-8-3;/h1-2H3;1H/q+1;/p-1. The number of rotatable bonds is 0. The maximum atomic E-state index is 8.31. The molecular formula is C5H6ClN3O. The molecule has 1 rings (SSSR count). The Bertz CT molecular complexity index is 243. The molecule has 0 saturated carbocycles. The summed E-state index contributed by atoms with van der Waals surface area (Å²) in [6, 6.07) is 0. The molecule has 1 aromatic rings. The predicted molar refractivity (Wildman–Crippen MR) is 30.7 cm³/mol. The summed E-state index contributed by atoms with van der Waals surface area (Å²) in [4.78, 5) is 2.97. The molecule has 0 bridgehead atoms. The zero-order chi connectivity index (χ0) is 6.85. The second-order valence-corrected chi connectivity index (χ2v) is 1.77. The second-order valence-electron chi connectivity index (χ2n) is 1.77. The molecule has 1 aromatic heterocycles. The highest BCUT2D eigenvalue weighted by molar-refractivity contribution is 5.49. The van der Waals surface area contributed by atoms with Crippen LogP contribution in [0.2, 0.25) is 0 Å². The van der Waals surface area contributed by atoms with Gasteiger partial charge in [0.1, 0.15) is 0 Å². The van der Waals surface area contributed by atoms with Gasteiger partial charge in [0.2, 0.25) is 11.2 Å². The van der Waals surface area contributed by atoms with Gasteiger partial charge in [-0.1, -0.05) is 5.16 Å². The van der Waals surface area contributed by atoms with Crippen molar-refractivity contribution >= 4 is 5.69 Å². The summed E-state index contributed by atoms with van der Waals surface area (Å²) in [6.07, 6.45) is 0. The molecule has 4 nitrogen and oxygen atoms in total. The predicted octanol–water partition coefficient (Wildman–Crippen LogP) is -1.22. The van der Waals surface area contributed by atoms with E-state index in [1.165, 1.54) is 0 Å². The summed E-state index contributed by atoms with van der Waals surface area (Å²) in [5, 5.41) is 11.9. The molecule has 10 heavy (non-hydrogen) atoms. The summed E-state index contributed by atoms with van der Waals surface area (Å²) in [5.74, 6) is 0.537. The fourth-order valence-corrected chi connectivity index (χ4v) is 0.621. The Labute approximate surface area is 64.2 Å². The SMILES string of the molecule is Cc1noc(C)c1[N+]#N.[Cl-]. The Kier molecular flexibility index (Phi) is 2.84. The third-order valence-electron chi connectivity index (χ3n) is 1.10. The van der Waals surface area contributed by atoms with Crippen LogP contribution in [-0.4, -0.2) is 5.16 Å². The molecule has 0 spiro atoms. The van der Waals surface area contributed by atoms with E-state index in [-0.39, 0.29) is 12.4 Å². The van der Waals surface area contributed by atoms with Crippen molar-refractivity contribution in [3.05, 3.63) is 16.4 Å². The molecule has 0 aliphatic carbocycles. The Morgan fingerprint density at radius 2 is 2.10 bits per heavy atom. The van der Waals surface area contributed by atoms with Crippen LogP contribution < -0.4 is 12.4 Å². The van der Waals surface area contributed by atoms with Crippen LogP contribution in [0.3, 0.4) is 0 Å². The van der Waals surface area contributed by atoms with Gasteiger partial charge in [-0.3, -0.25) is 0 Å². The van der Waals surface area contributed by atoms with Gasteiger partial charge in [0.15, 0.2) is 10.7 Å². The van der Waals surface area contributed by atoms with Gasteiger partial charge in [-0.25, -0.2) is 0 Å².